The molecule has 2 rings (SSSR count). The fourth-order valence-electron chi connectivity index (χ4n) is 2.45. The first-order chi connectivity index (χ1) is 9.09. The molecule has 0 aromatic heterocycles. The lowest BCUT2D eigenvalue weighted by Crippen LogP contribution is -2.46. The molecule has 0 aliphatic heterocycles. The molecule has 0 heterocycles. The van der Waals surface area contributed by atoms with Gasteiger partial charge in [-0.2, -0.15) is 8.42 Å². The second-order valence-electron chi connectivity index (χ2n) is 5.90. The number of hydrogen-bond acceptors (Lipinski definition) is 3. The first kappa shape index (κ1) is 15.0. The number of rotatable bonds is 2. The van der Waals surface area contributed by atoms with E-state index in [1.807, 2.05) is 18.2 Å². The van der Waals surface area contributed by atoms with E-state index in [2.05, 4.69) is 0 Å². The highest BCUT2D eigenvalue weighted by atomic mass is 32.2. The van der Waals surface area contributed by atoms with Gasteiger partial charge in [-0.1, -0.05) is 63.2 Å². The molecule has 0 saturated heterocycles. The summed E-state index contributed by atoms with van der Waals surface area (Å²) in [5, 5.41) is 12.2. The predicted octanol–water partition coefficient (Wildman–Crippen LogP) is 2.92. The topological polar surface area (TPSA) is 74.6 Å². The number of hydrogen-bond donors (Lipinski definition) is 2. The third kappa shape index (κ3) is 2.12. The van der Waals surface area contributed by atoms with Crippen LogP contribution in [0.2, 0.25) is 0 Å². The minimum atomic E-state index is -4.71. The highest BCUT2D eigenvalue weighted by Crippen LogP contribution is 2.45. The van der Waals surface area contributed by atoms with Crippen LogP contribution in [0.1, 0.15) is 26.3 Å². The maximum atomic E-state index is 11.8. The molecule has 0 spiro atoms. The summed E-state index contributed by atoms with van der Waals surface area (Å²) in [6, 6.07) is 12.2. The van der Waals surface area contributed by atoms with E-state index in [9.17, 15) is 18.1 Å². The van der Waals surface area contributed by atoms with Crippen LogP contribution in [0.25, 0.3) is 10.8 Å². The highest BCUT2D eigenvalue weighted by molar-refractivity contribution is 7.86. The molecule has 0 aliphatic rings. The first-order valence-electron chi connectivity index (χ1n) is 6.27. The molecule has 0 bridgehead atoms. The lowest BCUT2D eigenvalue weighted by atomic mass is 9.82. The van der Waals surface area contributed by atoms with Gasteiger partial charge in [-0.3, -0.25) is 4.55 Å². The number of fused-ring (bicyclic) bond motifs is 1. The first-order valence-corrected chi connectivity index (χ1v) is 7.71. The number of aliphatic hydroxyl groups is 1. The molecule has 0 saturated carbocycles. The van der Waals surface area contributed by atoms with E-state index in [4.69, 9.17) is 0 Å². The van der Waals surface area contributed by atoms with Gasteiger partial charge in [0.15, 0.2) is 0 Å². The fraction of sp³-hybridized carbons (Fsp3) is 0.333. The normalized spacial score (nSPS) is 16.1. The van der Waals surface area contributed by atoms with Crippen LogP contribution < -0.4 is 0 Å². The zero-order valence-corrected chi connectivity index (χ0v) is 12.5. The Kier molecular flexibility index (Phi) is 3.40. The van der Waals surface area contributed by atoms with Crippen molar-refractivity contribution in [1.29, 1.82) is 0 Å². The van der Waals surface area contributed by atoms with Crippen LogP contribution in [-0.2, 0) is 15.1 Å². The SMILES string of the molecule is CC(C)(C)C(O)(c1cccc2ccccc12)S(=O)(=O)O. The molecule has 0 amide bonds. The minimum absolute atomic E-state index is 0.186. The molecule has 1 unspecified atom stereocenters. The molecule has 2 N–H and O–H groups in total. The van der Waals surface area contributed by atoms with Gasteiger partial charge >= 0.3 is 0 Å². The van der Waals surface area contributed by atoms with Crippen LogP contribution >= 0.6 is 0 Å². The lowest BCUT2D eigenvalue weighted by molar-refractivity contribution is 0.00799. The van der Waals surface area contributed by atoms with Crippen molar-refractivity contribution >= 4 is 20.9 Å². The fourth-order valence-corrected chi connectivity index (χ4v) is 3.68. The van der Waals surface area contributed by atoms with Crippen molar-refractivity contribution in [3.63, 3.8) is 0 Å². The van der Waals surface area contributed by atoms with Crippen LogP contribution in [0.5, 0.6) is 0 Å². The summed E-state index contributed by atoms with van der Waals surface area (Å²) in [6.45, 7) is 4.72. The van der Waals surface area contributed by atoms with Gasteiger partial charge in [0.2, 0.25) is 4.93 Å². The van der Waals surface area contributed by atoms with E-state index < -0.39 is 20.5 Å². The highest BCUT2D eigenvalue weighted by Gasteiger charge is 2.53. The van der Waals surface area contributed by atoms with Gasteiger partial charge in [0.1, 0.15) is 0 Å². The van der Waals surface area contributed by atoms with Crippen molar-refractivity contribution in [2.24, 2.45) is 5.41 Å². The summed E-state index contributed by atoms with van der Waals surface area (Å²) in [5.41, 5.74) is -0.907. The van der Waals surface area contributed by atoms with Crippen LogP contribution in [-0.4, -0.2) is 18.1 Å². The van der Waals surface area contributed by atoms with Gasteiger partial charge in [0, 0.05) is 11.0 Å². The van der Waals surface area contributed by atoms with Crippen LogP contribution in [0.15, 0.2) is 42.5 Å². The molecule has 20 heavy (non-hydrogen) atoms. The van der Waals surface area contributed by atoms with E-state index in [1.165, 1.54) is 6.07 Å². The van der Waals surface area contributed by atoms with Crippen molar-refractivity contribution in [3.8, 4) is 0 Å². The summed E-state index contributed by atoms with van der Waals surface area (Å²) in [5.74, 6) is 0. The summed E-state index contributed by atoms with van der Waals surface area (Å²) in [7, 11) is -4.71. The molecule has 4 nitrogen and oxygen atoms in total. The van der Waals surface area contributed by atoms with Crippen molar-refractivity contribution < 1.29 is 18.1 Å². The Balaban J connectivity index is 2.91. The second-order valence-corrected chi connectivity index (χ2v) is 7.44. The zero-order chi connectivity index (χ0) is 15.2. The van der Waals surface area contributed by atoms with Gasteiger partial charge in [0.25, 0.3) is 10.1 Å². The Hall–Kier alpha value is -1.43. The molecule has 0 radical (unpaired) electrons. The summed E-state index contributed by atoms with van der Waals surface area (Å²) in [6.07, 6.45) is 0. The Morgan fingerprint density at radius 3 is 2.05 bits per heavy atom. The van der Waals surface area contributed by atoms with Crippen LogP contribution in [0.3, 0.4) is 0 Å². The third-order valence-electron chi connectivity index (χ3n) is 3.54. The van der Waals surface area contributed by atoms with Gasteiger partial charge < -0.3 is 5.11 Å². The molecule has 2 aromatic carbocycles. The van der Waals surface area contributed by atoms with Crippen LogP contribution in [0, 0.1) is 5.41 Å². The van der Waals surface area contributed by atoms with Gasteiger partial charge in [-0.05, 0) is 10.8 Å². The van der Waals surface area contributed by atoms with E-state index in [0.717, 1.165) is 5.39 Å². The average Bonchev–Trinajstić information content (AvgIpc) is 2.34. The van der Waals surface area contributed by atoms with Crippen LogP contribution in [0.4, 0.5) is 0 Å². The standard InChI is InChI=1S/C15H18O4S/c1-14(2,3)15(16,20(17,18)19)13-10-6-8-11-7-4-5-9-12(11)13/h4-10,16H,1-3H3,(H,17,18,19). The molecule has 0 aliphatic carbocycles. The molecule has 5 heteroatoms. The van der Waals surface area contributed by atoms with Crippen molar-refractivity contribution in [1.82, 2.24) is 0 Å². The molecule has 108 valence electrons. The average molecular weight is 294 g/mol. The third-order valence-corrected chi connectivity index (χ3v) is 5.12. The van der Waals surface area contributed by atoms with Crippen molar-refractivity contribution in [2.45, 2.75) is 25.7 Å². The predicted molar refractivity (Wildman–Crippen MR) is 78.8 cm³/mol. The Morgan fingerprint density at radius 2 is 1.50 bits per heavy atom. The Morgan fingerprint density at radius 1 is 0.950 bits per heavy atom. The van der Waals surface area contributed by atoms with Gasteiger partial charge in [-0.25, -0.2) is 0 Å². The molecular formula is C15H18O4S. The zero-order valence-electron chi connectivity index (χ0n) is 11.7. The smallest absolute Gasteiger partial charge is 0.300 e. The van der Waals surface area contributed by atoms with Crippen molar-refractivity contribution in [2.75, 3.05) is 0 Å². The summed E-state index contributed by atoms with van der Waals surface area (Å²) >= 11 is 0. The monoisotopic (exact) mass is 294 g/mol. The summed E-state index contributed by atoms with van der Waals surface area (Å²) in [4.78, 5) is -2.37. The maximum absolute atomic E-state index is 11.8. The molecular weight excluding hydrogens is 276 g/mol. The van der Waals surface area contributed by atoms with Gasteiger partial charge in [-0.15, -0.1) is 0 Å². The molecule has 2 aromatic rings. The van der Waals surface area contributed by atoms with Gasteiger partial charge in [0.05, 0.1) is 0 Å². The van der Waals surface area contributed by atoms with E-state index in [0.29, 0.717) is 5.39 Å². The Bertz CT molecular complexity index is 739. The summed E-state index contributed by atoms with van der Waals surface area (Å²) < 4.78 is 33.3. The molecule has 1 atom stereocenters. The van der Waals surface area contributed by atoms with E-state index in [-0.39, 0.29) is 5.56 Å². The lowest BCUT2D eigenvalue weighted by Gasteiger charge is -2.38. The van der Waals surface area contributed by atoms with E-state index >= 15 is 0 Å². The minimum Gasteiger partial charge on any atom is -0.369 e. The largest absolute Gasteiger partial charge is 0.369 e. The number of benzene rings is 2. The molecule has 0 fully saturated rings. The van der Waals surface area contributed by atoms with E-state index in [1.54, 1.807) is 39.0 Å². The quantitative estimate of drug-likeness (QED) is 0.835. The maximum Gasteiger partial charge on any atom is 0.300 e. The van der Waals surface area contributed by atoms with Crippen molar-refractivity contribution in [3.05, 3.63) is 48.0 Å². The second kappa shape index (κ2) is 4.55. The Labute approximate surface area is 118 Å².